The fraction of sp³-hybridized carbons (Fsp3) is 0.250. The highest BCUT2D eigenvalue weighted by Crippen LogP contribution is 2.29. The van der Waals surface area contributed by atoms with Gasteiger partial charge in [-0.15, -0.1) is 0 Å². The minimum Gasteiger partial charge on any atom is -0.450 e. The van der Waals surface area contributed by atoms with Crippen molar-refractivity contribution in [2.75, 3.05) is 10.6 Å². The van der Waals surface area contributed by atoms with E-state index in [-0.39, 0.29) is 5.95 Å². The highest BCUT2D eigenvalue weighted by molar-refractivity contribution is 5.70. The standard InChI is InChI=1S/C19H17F3N6.CH2O3/c1-11-6-12(13-9-24-17(25-10-13)26-14-2-3-14)8-15(7-11)27-18-23-5-4-16(28-18)19(20,21)22;2-1(3)4/h4-10,14H,2-3H2,1H3,(H,23,27,28)(H,24,25,26);(H2,2,3,4). The number of carbonyl (C=O) groups is 1. The van der Waals surface area contributed by atoms with E-state index < -0.39 is 18.0 Å². The van der Waals surface area contributed by atoms with Gasteiger partial charge in [0, 0.05) is 35.9 Å². The molecule has 0 aliphatic heterocycles. The first kappa shape index (κ1) is 22.7. The summed E-state index contributed by atoms with van der Waals surface area (Å²) in [5.41, 5.74) is 2.15. The van der Waals surface area contributed by atoms with Crippen molar-refractivity contribution in [3.05, 3.63) is 54.1 Å². The van der Waals surface area contributed by atoms with Crippen LogP contribution in [-0.4, -0.2) is 42.3 Å². The zero-order valence-corrected chi connectivity index (χ0v) is 16.8. The molecule has 4 N–H and O–H groups in total. The number of aromatic nitrogens is 4. The Labute approximate surface area is 180 Å². The highest BCUT2D eigenvalue weighted by Gasteiger charge is 2.32. The smallest absolute Gasteiger partial charge is 0.450 e. The number of hydrogen-bond donors (Lipinski definition) is 4. The lowest BCUT2D eigenvalue weighted by molar-refractivity contribution is -0.141. The van der Waals surface area contributed by atoms with Crippen LogP contribution in [0.15, 0.2) is 42.9 Å². The molecule has 0 bridgehead atoms. The average molecular weight is 448 g/mol. The van der Waals surface area contributed by atoms with Gasteiger partial charge in [0.1, 0.15) is 5.69 Å². The fourth-order valence-electron chi connectivity index (χ4n) is 2.69. The molecule has 0 spiro atoms. The van der Waals surface area contributed by atoms with Crippen LogP contribution < -0.4 is 10.6 Å². The van der Waals surface area contributed by atoms with Crippen LogP contribution in [0.4, 0.5) is 35.5 Å². The third-order valence-electron chi connectivity index (χ3n) is 4.18. The van der Waals surface area contributed by atoms with E-state index in [2.05, 4.69) is 30.6 Å². The third-order valence-corrected chi connectivity index (χ3v) is 4.18. The molecule has 0 atom stereocenters. The number of alkyl halides is 3. The van der Waals surface area contributed by atoms with Crippen molar-refractivity contribution in [2.45, 2.75) is 32.0 Å². The van der Waals surface area contributed by atoms with Gasteiger partial charge in [0.15, 0.2) is 0 Å². The number of hydrogen-bond acceptors (Lipinski definition) is 7. The van der Waals surface area contributed by atoms with Gasteiger partial charge in [-0.3, -0.25) is 0 Å². The summed E-state index contributed by atoms with van der Waals surface area (Å²) in [6.45, 7) is 1.89. The summed E-state index contributed by atoms with van der Waals surface area (Å²) >= 11 is 0. The minimum atomic E-state index is -4.52. The van der Waals surface area contributed by atoms with Gasteiger partial charge in [-0.2, -0.15) is 13.2 Å². The number of benzene rings is 1. The zero-order valence-electron chi connectivity index (χ0n) is 16.8. The van der Waals surface area contributed by atoms with Crippen molar-refractivity contribution in [1.29, 1.82) is 0 Å². The monoisotopic (exact) mass is 448 g/mol. The maximum absolute atomic E-state index is 12.8. The van der Waals surface area contributed by atoms with Crippen molar-refractivity contribution >= 4 is 23.7 Å². The molecule has 0 unspecified atom stereocenters. The second-order valence-corrected chi connectivity index (χ2v) is 6.97. The van der Waals surface area contributed by atoms with Crippen LogP contribution in [-0.2, 0) is 6.18 Å². The molecule has 1 aliphatic rings. The van der Waals surface area contributed by atoms with Crippen LogP contribution in [0.3, 0.4) is 0 Å². The van der Waals surface area contributed by atoms with E-state index in [1.165, 1.54) is 0 Å². The van der Waals surface area contributed by atoms with Crippen LogP contribution >= 0.6 is 0 Å². The maximum Gasteiger partial charge on any atom is 0.503 e. The summed E-state index contributed by atoms with van der Waals surface area (Å²) in [4.78, 5) is 24.6. The number of nitrogens with zero attached hydrogens (tertiary/aromatic N) is 4. The summed E-state index contributed by atoms with van der Waals surface area (Å²) in [5, 5.41) is 20.0. The van der Waals surface area contributed by atoms with E-state index in [0.29, 0.717) is 17.7 Å². The molecule has 4 rings (SSSR count). The number of nitrogens with one attached hydrogen (secondary N) is 2. The lowest BCUT2D eigenvalue weighted by Crippen LogP contribution is -2.10. The SMILES string of the molecule is Cc1cc(Nc2nccc(C(F)(F)F)n2)cc(-c2cnc(NC3CC3)nc2)c1.O=C(O)O. The normalized spacial score (nSPS) is 13.0. The summed E-state index contributed by atoms with van der Waals surface area (Å²) < 4.78 is 38.5. The van der Waals surface area contributed by atoms with E-state index >= 15 is 0 Å². The van der Waals surface area contributed by atoms with E-state index in [9.17, 15) is 13.2 Å². The fourth-order valence-corrected chi connectivity index (χ4v) is 2.69. The molecule has 0 radical (unpaired) electrons. The molecule has 2 heterocycles. The molecule has 3 aromatic rings. The first-order chi connectivity index (χ1) is 15.1. The number of anilines is 3. The van der Waals surface area contributed by atoms with Gasteiger partial charge in [-0.05, 0) is 49.1 Å². The summed E-state index contributed by atoms with van der Waals surface area (Å²) in [7, 11) is 0. The van der Waals surface area contributed by atoms with Crippen LogP contribution in [0.2, 0.25) is 0 Å². The Morgan fingerprint density at radius 3 is 2.28 bits per heavy atom. The second kappa shape index (κ2) is 9.45. The Kier molecular flexibility index (Phi) is 6.71. The van der Waals surface area contributed by atoms with E-state index in [1.54, 1.807) is 24.5 Å². The van der Waals surface area contributed by atoms with E-state index in [0.717, 1.165) is 41.8 Å². The van der Waals surface area contributed by atoms with Gasteiger partial charge in [0.2, 0.25) is 11.9 Å². The van der Waals surface area contributed by atoms with Gasteiger partial charge >= 0.3 is 12.3 Å². The van der Waals surface area contributed by atoms with Gasteiger partial charge in [0.25, 0.3) is 0 Å². The van der Waals surface area contributed by atoms with Crippen molar-refractivity contribution in [1.82, 2.24) is 19.9 Å². The molecule has 9 nitrogen and oxygen atoms in total. The lowest BCUT2D eigenvalue weighted by Gasteiger charge is -2.11. The third kappa shape index (κ3) is 6.79. The molecular formula is C20H19F3N6O3. The van der Waals surface area contributed by atoms with E-state index in [4.69, 9.17) is 15.0 Å². The summed E-state index contributed by atoms with van der Waals surface area (Å²) in [6, 6.07) is 6.85. The Balaban J connectivity index is 0.000000668. The first-order valence-corrected chi connectivity index (χ1v) is 9.40. The van der Waals surface area contributed by atoms with Gasteiger partial charge in [0.05, 0.1) is 0 Å². The molecule has 12 heteroatoms. The summed E-state index contributed by atoms with van der Waals surface area (Å²) in [6.07, 6.45) is 0.429. The number of aryl methyl sites for hydroxylation is 1. The van der Waals surface area contributed by atoms with Crippen LogP contribution in [0, 0.1) is 6.92 Å². The molecule has 168 valence electrons. The average Bonchev–Trinajstić information content (AvgIpc) is 3.51. The van der Waals surface area contributed by atoms with Crippen LogP contribution in [0.25, 0.3) is 11.1 Å². The Morgan fingerprint density at radius 1 is 1.03 bits per heavy atom. The topological polar surface area (TPSA) is 133 Å². The van der Waals surface area contributed by atoms with E-state index in [1.807, 2.05) is 13.0 Å². The second-order valence-electron chi connectivity index (χ2n) is 6.97. The van der Waals surface area contributed by atoms with Crippen molar-refractivity contribution in [3.8, 4) is 11.1 Å². The Morgan fingerprint density at radius 2 is 1.69 bits per heavy atom. The minimum absolute atomic E-state index is 0.119. The first-order valence-electron chi connectivity index (χ1n) is 9.40. The highest BCUT2D eigenvalue weighted by atomic mass is 19.4. The van der Waals surface area contributed by atoms with Crippen LogP contribution in [0.5, 0.6) is 0 Å². The van der Waals surface area contributed by atoms with Gasteiger partial charge < -0.3 is 20.8 Å². The van der Waals surface area contributed by atoms with Crippen molar-refractivity contribution in [3.63, 3.8) is 0 Å². The molecule has 2 aromatic heterocycles. The molecule has 1 fully saturated rings. The van der Waals surface area contributed by atoms with Crippen LogP contribution in [0.1, 0.15) is 24.1 Å². The predicted octanol–water partition coefficient (Wildman–Crippen LogP) is 4.80. The number of carboxylic acid groups (broad SMARTS) is 2. The van der Waals surface area contributed by atoms with Gasteiger partial charge in [-0.25, -0.2) is 24.7 Å². The quantitative estimate of drug-likeness (QED) is 0.434. The predicted molar refractivity (Wildman–Crippen MR) is 110 cm³/mol. The largest absolute Gasteiger partial charge is 0.503 e. The number of rotatable bonds is 5. The lowest BCUT2D eigenvalue weighted by atomic mass is 10.1. The number of halogens is 3. The Hall–Kier alpha value is -3.96. The molecule has 0 saturated heterocycles. The molecule has 32 heavy (non-hydrogen) atoms. The molecule has 1 saturated carbocycles. The van der Waals surface area contributed by atoms with Crippen molar-refractivity contribution in [2.24, 2.45) is 0 Å². The Bertz CT molecular complexity index is 1080. The van der Waals surface area contributed by atoms with Gasteiger partial charge in [-0.1, -0.05) is 6.07 Å². The van der Waals surface area contributed by atoms with Crippen molar-refractivity contribution < 1.29 is 28.2 Å². The summed E-state index contributed by atoms with van der Waals surface area (Å²) in [5.74, 6) is 0.473. The molecule has 1 aromatic carbocycles. The molecule has 1 aliphatic carbocycles. The molecule has 0 amide bonds. The zero-order chi connectivity index (χ0) is 23.3. The molecular weight excluding hydrogens is 429 g/mol. The maximum atomic E-state index is 12.8.